The fourth-order valence-corrected chi connectivity index (χ4v) is 3.64. The van der Waals surface area contributed by atoms with Gasteiger partial charge in [-0.1, -0.05) is 53.5 Å². The van der Waals surface area contributed by atoms with Crippen LogP contribution in [0.5, 0.6) is 0 Å². The monoisotopic (exact) mass is 389 g/mol. The molecule has 0 aliphatic heterocycles. The summed E-state index contributed by atoms with van der Waals surface area (Å²) in [6.07, 6.45) is 0. The lowest BCUT2D eigenvalue weighted by Gasteiger charge is -2.11. The van der Waals surface area contributed by atoms with Crippen molar-refractivity contribution in [3.05, 3.63) is 82.8 Å². The van der Waals surface area contributed by atoms with Crippen LogP contribution in [0.3, 0.4) is 0 Å². The predicted molar refractivity (Wildman–Crippen MR) is 112 cm³/mol. The molecule has 5 heteroatoms. The molecule has 5 rings (SSSR count). The van der Waals surface area contributed by atoms with E-state index in [0.717, 1.165) is 44.6 Å². The average Bonchev–Trinajstić information content (AvgIpc) is 3.13. The average molecular weight is 390 g/mol. The van der Waals surface area contributed by atoms with Crippen molar-refractivity contribution >= 4 is 45.1 Å². The first-order valence-corrected chi connectivity index (χ1v) is 9.25. The Bertz CT molecular complexity index is 1270. The number of fused-ring (bicyclic) bond motifs is 2. The number of aromatic amines is 1. The van der Waals surface area contributed by atoms with Gasteiger partial charge in [-0.3, -0.25) is 0 Å². The number of nitrogens with one attached hydrogen (secondary N) is 1. The Labute approximate surface area is 165 Å². The molecule has 0 unspecified atom stereocenters. The van der Waals surface area contributed by atoms with Gasteiger partial charge in [-0.15, -0.1) is 0 Å². The molecule has 0 amide bonds. The highest BCUT2D eigenvalue weighted by atomic mass is 35.5. The molecule has 0 fully saturated rings. The van der Waals surface area contributed by atoms with Gasteiger partial charge in [-0.05, 0) is 42.5 Å². The number of hydrogen-bond donors (Lipinski definition) is 1. The van der Waals surface area contributed by atoms with Gasteiger partial charge in [0.15, 0.2) is 0 Å². The molecule has 0 aliphatic carbocycles. The third kappa shape index (κ3) is 2.85. The summed E-state index contributed by atoms with van der Waals surface area (Å²) in [6.45, 7) is 0. The molecule has 0 spiro atoms. The normalized spacial score (nSPS) is 11.3. The number of nitrogens with zero attached hydrogens (tertiary/aromatic N) is 2. The first kappa shape index (κ1) is 16.3. The van der Waals surface area contributed by atoms with E-state index in [-0.39, 0.29) is 0 Å². The van der Waals surface area contributed by atoms with Gasteiger partial charge in [0.1, 0.15) is 5.82 Å². The van der Waals surface area contributed by atoms with E-state index in [1.54, 1.807) is 12.1 Å². The van der Waals surface area contributed by atoms with Crippen LogP contribution in [-0.2, 0) is 0 Å². The Morgan fingerprint density at radius 3 is 2.33 bits per heavy atom. The van der Waals surface area contributed by atoms with Crippen molar-refractivity contribution in [1.29, 1.82) is 0 Å². The second-order valence-electron chi connectivity index (χ2n) is 6.30. The topological polar surface area (TPSA) is 41.6 Å². The number of aromatic nitrogens is 3. The summed E-state index contributed by atoms with van der Waals surface area (Å²) in [5, 5.41) is 2.24. The SMILES string of the molecule is Clc1ccc(Cl)c(-c2nc3ccccc3cc2-c2nc3ccccc3[nH]2)c1. The predicted octanol–water partition coefficient (Wildman–Crippen LogP) is 6.75. The van der Waals surface area contributed by atoms with Crippen molar-refractivity contribution in [2.24, 2.45) is 0 Å². The summed E-state index contributed by atoms with van der Waals surface area (Å²) < 4.78 is 0. The molecule has 5 aromatic rings. The fourth-order valence-electron chi connectivity index (χ4n) is 3.26. The van der Waals surface area contributed by atoms with E-state index in [4.69, 9.17) is 33.2 Å². The first-order valence-electron chi connectivity index (χ1n) is 8.49. The number of pyridine rings is 1. The maximum Gasteiger partial charge on any atom is 0.140 e. The van der Waals surface area contributed by atoms with Crippen molar-refractivity contribution in [1.82, 2.24) is 15.0 Å². The number of imidazole rings is 1. The van der Waals surface area contributed by atoms with Gasteiger partial charge in [0.05, 0.1) is 27.3 Å². The summed E-state index contributed by atoms with van der Waals surface area (Å²) >= 11 is 12.7. The highest BCUT2D eigenvalue weighted by Crippen LogP contribution is 2.37. The zero-order valence-corrected chi connectivity index (χ0v) is 15.6. The molecule has 1 N–H and O–H groups in total. The Balaban J connectivity index is 1.85. The molecule has 0 radical (unpaired) electrons. The highest BCUT2D eigenvalue weighted by Gasteiger charge is 2.17. The van der Waals surface area contributed by atoms with Gasteiger partial charge in [0.25, 0.3) is 0 Å². The maximum absolute atomic E-state index is 6.49. The zero-order valence-electron chi connectivity index (χ0n) is 14.1. The van der Waals surface area contributed by atoms with Crippen LogP contribution in [0.4, 0.5) is 0 Å². The number of hydrogen-bond acceptors (Lipinski definition) is 2. The third-order valence-corrected chi connectivity index (χ3v) is 5.12. The molecule has 3 nitrogen and oxygen atoms in total. The highest BCUT2D eigenvalue weighted by molar-refractivity contribution is 6.35. The van der Waals surface area contributed by atoms with E-state index in [2.05, 4.69) is 11.1 Å². The molecule has 27 heavy (non-hydrogen) atoms. The van der Waals surface area contributed by atoms with Gasteiger partial charge in [0, 0.05) is 21.5 Å². The third-order valence-electron chi connectivity index (χ3n) is 4.55. The summed E-state index contributed by atoms with van der Waals surface area (Å²) in [5.74, 6) is 0.750. The minimum absolute atomic E-state index is 0.597. The Hall–Kier alpha value is -2.88. The standard InChI is InChI=1S/C22H13Cl2N3/c23-14-9-10-17(24)15(12-14)21-16(11-13-5-1-2-6-18(13)25-21)22-26-19-7-3-4-8-20(19)27-22/h1-12H,(H,26,27). The van der Waals surface area contributed by atoms with Crippen molar-refractivity contribution < 1.29 is 0 Å². The van der Waals surface area contributed by atoms with Crippen molar-refractivity contribution in [2.75, 3.05) is 0 Å². The molecule has 0 saturated carbocycles. The lowest BCUT2D eigenvalue weighted by molar-refractivity contribution is 1.31. The number of benzene rings is 3. The number of H-pyrrole nitrogens is 1. The van der Waals surface area contributed by atoms with Crippen molar-refractivity contribution in [3.8, 4) is 22.6 Å². The van der Waals surface area contributed by atoms with Gasteiger partial charge >= 0.3 is 0 Å². The van der Waals surface area contributed by atoms with E-state index < -0.39 is 0 Å². The summed E-state index contributed by atoms with van der Waals surface area (Å²) in [5.41, 5.74) is 5.19. The summed E-state index contributed by atoms with van der Waals surface area (Å²) in [4.78, 5) is 13.0. The van der Waals surface area contributed by atoms with Gasteiger partial charge in [0.2, 0.25) is 0 Å². The Morgan fingerprint density at radius 1 is 0.704 bits per heavy atom. The van der Waals surface area contributed by atoms with E-state index in [1.807, 2.05) is 54.6 Å². The largest absolute Gasteiger partial charge is 0.338 e. The van der Waals surface area contributed by atoms with Crippen molar-refractivity contribution in [3.63, 3.8) is 0 Å². The Kier molecular flexibility index (Phi) is 3.85. The second-order valence-corrected chi connectivity index (χ2v) is 7.15. The van der Waals surface area contributed by atoms with Gasteiger partial charge < -0.3 is 4.98 Å². The van der Waals surface area contributed by atoms with E-state index >= 15 is 0 Å². The molecular formula is C22H13Cl2N3. The first-order chi connectivity index (χ1) is 13.2. The fraction of sp³-hybridized carbons (Fsp3) is 0. The van der Waals surface area contributed by atoms with Crippen LogP contribution < -0.4 is 0 Å². The van der Waals surface area contributed by atoms with Crippen LogP contribution >= 0.6 is 23.2 Å². The molecule has 130 valence electrons. The lowest BCUT2D eigenvalue weighted by atomic mass is 10.0. The molecule has 2 aromatic heterocycles. The maximum atomic E-state index is 6.49. The number of halogens is 2. The minimum atomic E-state index is 0.597. The number of rotatable bonds is 2. The molecule has 3 aromatic carbocycles. The van der Waals surface area contributed by atoms with Gasteiger partial charge in [-0.25, -0.2) is 9.97 Å². The van der Waals surface area contributed by atoms with Crippen LogP contribution in [0.15, 0.2) is 72.8 Å². The van der Waals surface area contributed by atoms with Crippen LogP contribution in [-0.4, -0.2) is 15.0 Å². The second kappa shape index (κ2) is 6.38. The quantitative estimate of drug-likeness (QED) is 0.362. The zero-order chi connectivity index (χ0) is 18.4. The van der Waals surface area contributed by atoms with Gasteiger partial charge in [-0.2, -0.15) is 0 Å². The molecule has 2 heterocycles. The van der Waals surface area contributed by atoms with E-state index in [9.17, 15) is 0 Å². The summed E-state index contributed by atoms with van der Waals surface area (Å²) in [7, 11) is 0. The lowest BCUT2D eigenvalue weighted by Crippen LogP contribution is -1.93. The molecular weight excluding hydrogens is 377 g/mol. The molecule has 0 bridgehead atoms. The number of para-hydroxylation sites is 3. The molecule has 0 saturated heterocycles. The van der Waals surface area contributed by atoms with Crippen LogP contribution in [0.1, 0.15) is 0 Å². The molecule has 0 aliphatic rings. The minimum Gasteiger partial charge on any atom is -0.338 e. The van der Waals surface area contributed by atoms with Crippen LogP contribution in [0, 0.1) is 0 Å². The van der Waals surface area contributed by atoms with Crippen molar-refractivity contribution in [2.45, 2.75) is 0 Å². The van der Waals surface area contributed by atoms with E-state index in [1.165, 1.54) is 0 Å². The summed E-state index contributed by atoms with van der Waals surface area (Å²) in [6, 6.07) is 23.4. The van der Waals surface area contributed by atoms with Crippen LogP contribution in [0.2, 0.25) is 10.0 Å². The molecule has 0 atom stereocenters. The van der Waals surface area contributed by atoms with Crippen LogP contribution in [0.25, 0.3) is 44.6 Å². The Morgan fingerprint density at radius 2 is 1.48 bits per heavy atom. The smallest absolute Gasteiger partial charge is 0.140 e. The van der Waals surface area contributed by atoms with E-state index in [0.29, 0.717) is 10.0 Å².